The zero-order valence-corrected chi connectivity index (χ0v) is 27.5. The van der Waals surface area contributed by atoms with Crippen LogP contribution in [0.5, 0.6) is 11.5 Å². The quantitative estimate of drug-likeness (QED) is 0.0798. The summed E-state index contributed by atoms with van der Waals surface area (Å²) in [5, 5.41) is 0. The molecule has 0 radical (unpaired) electrons. The van der Waals surface area contributed by atoms with E-state index in [1.54, 1.807) is 0 Å². The van der Waals surface area contributed by atoms with Crippen LogP contribution in [0.1, 0.15) is 173 Å². The average molecular weight is 579 g/mol. The molecule has 0 unspecified atom stereocenters. The molecule has 234 valence electrons. The molecule has 4 rings (SSSR count). The van der Waals surface area contributed by atoms with E-state index in [1.165, 1.54) is 63.4 Å². The number of carbonyl (C=O) groups is 2. The molecule has 2 aliphatic carbocycles. The van der Waals surface area contributed by atoms with Crippen molar-refractivity contribution in [3.8, 4) is 11.5 Å². The van der Waals surface area contributed by atoms with Crippen molar-refractivity contribution in [1.82, 2.24) is 0 Å². The predicted octanol–water partition coefficient (Wildman–Crippen LogP) is 10.7. The van der Waals surface area contributed by atoms with Gasteiger partial charge in [-0.25, -0.2) is 0 Å². The van der Waals surface area contributed by atoms with E-state index in [4.69, 9.17) is 9.47 Å². The van der Waals surface area contributed by atoms with Crippen molar-refractivity contribution in [3.63, 3.8) is 0 Å². The topological polar surface area (TPSA) is 52.6 Å². The Morgan fingerprint density at radius 3 is 2.29 bits per heavy atom. The van der Waals surface area contributed by atoms with Crippen LogP contribution < -0.4 is 9.47 Å². The second-order valence-corrected chi connectivity index (χ2v) is 14.4. The Kier molecular flexibility index (Phi) is 11.8. The molecule has 3 aliphatic rings. The lowest BCUT2D eigenvalue weighted by atomic mass is 9.50. The van der Waals surface area contributed by atoms with E-state index in [0.717, 1.165) is 68.9 Å². The van der Waals surface area contributed by atoms with E-state index in [1.807, 2.05) is 0 Å². The molecule has 0 amide bonds. The largest absolute Gasteiger partial charge is 0.422 e. The molecule has 1 fully saturated rings. The molecule has 4 nitrogen and oxygen atoms in total. The zero-order valence-electron chi connectivity index (χ0n) is 27.5. The molecule has 1 saturated carbocycles. The van der Waals surface area contributed by atoms with Crippen LogP contribution in [0.15, 0.2) is 18.2 Å². The summed E-state index contributed by atoms with van der Waals surface area (Å²) < 4.78 is 12.2. The van der Waals surface area contributed by atoms with Crippen molar-refractivity contribution in [2.75, 3.05) is 0 Å². The Bertz CT molecular complexity index is 1100. The number of rotatable bonds is 17. The second kappa shape index (κ2) is 15.1. The smallest absolute Gasteiger partial charge is 0.322 e. The Hall–Kier alpha value is -2.10. The molecule has 1 aromatic rings. The Morgan fingerprint density at radius 2 is 1.62 bits per heavy atom. The summed E-state index contributed by atoms with van der Waals surface area (Å²) in [7, 11) is 0. The third-order valence-corrected chi connectivity index (χ3v) is 10.5. The number of aryl methyl sites for hydroxylation is 1. The molecule has 1 aliphatic heterocycles. The van der Waals surface area contributed by atoms with E-state index >= 15 is 0 Å². The first-order valence-corrected chi connectivity index (χ1v) is 17.5. The summed E-state index contributed by atoms with van der Waals surface area (Å²) in [6, 6.07) is 2.22. The number of carbonyl (C=O) groups excluding carboxylic acids is 2. The number of ether oxygens (including phenoxy) is 2. The van der Waals surface area contributed by atoms with Crippen LogP contribution in [-0.4, -0.2) is 11.9 Å². The summed E-state index contributed by atoms with van der Waals surface area (Å²) in [6.07, 6.45) is 26.1. The molecule has 0 aromatic heterocycles. The van der Waals surface area contributed by atoms with Crippen LogP contribution in [0.4, 0.5) is 0 Å². The summed E-state index contributed by atoms with van der Waals surface area (Å²) in [6.45, 7) is 11.1. The minimum atomic E-state index is -0.579. The number of unbranched alkanes of at least 4 members (excludes halogenated alkanes) is 11. The van der Waals surface area contributed by atoms with Crippen molar-refractivity contribution in [2.45, 2.75) is 168 Å². The van der Waals surface area contributed by atoms with Gasteiger partial charge in [-0.2, -0.15) is 0 Å². The zero-order chi connectivity index (χ0) is 30.2. The van der Waals surface area contributed by atoms with Crippen LogP contribution in [0, 0.1) is 11.3 Å². The first-order valence-electron chi connectivity index (χ1n) is 17.5. The van der Waals surface area contributed by atoms with Crippen LogP contribution in [0.2, 0.25) is 0 Å². The summed E-state index contributed by atoms with van der Waals surface area (Å²) in [5.74, 6) is 1.18. The van der Waals surface area contributed by atoms with Crippen LogP contribution in [0.25, 0.3) is 0 Å². The first kappa shape index (κ1) is 32.8. The predicted molar refractivity (Wildman–Crippen MR) is 172 cm³/mol. The van der Waals surface area contributed by atoms with Crippen molar-refractivity contribution in [2.24, 2.45) is 11.3 Å². The van der Waals surface area contributed by atoms with E-state index in [-0.39, 0.29) is 29.2 Å². The number of benzene rings is 1. The fraction of sp³-hybridized carbons (Fsp3) is 0.737. The summed E-state index contributed by atoms with van der Waals surface area (Å²) in [5.41, 5.74) is 2.77. The van der Waals surface area contributed by atoms with Gasteiger partial charge in [0.15, 0.2) is 11.5 Å². The summed E-state index contributed by atoms with van der Waals surface area (Å²) in [4.78, 5) is 26.7. The maximum Gasteiger partial charge on any atom is 0.322 e. The van der Waals surface area contributed by atoms with Gasteiger partial charge in [-0.1, -0.05) is 111 Å². The molecule has 0 N–H and O–H groups in total. The highest BCUT2D eigenvalue weighted by molar-refractivity contribution is 5.94. The fourth-order valence-corrected chi connectivity index (χ4v) is 8.14. The highest BCUT2D eigenvalue weighted by Crippen LogP contribution is 2.64. The molecule has 0 bridgehead atoms. The van der Waals surface area contributed by atoms with Crippen LogP contribution in [-0.2, 0) is 21.4 Å². The van der Waals surface area contributed by atoms with Gasteiger partial charge in [-0.15, -0.1) is 0 Å². The Morgan fingerprint density at radius 1 is 0.976 bits per heavy atom. The van der Waals surface area contributed by atoms with Gasteiger partial charge in [0.1, 0.15) is 5.41 Å². The second-order valence-electron chi connectivity index (χ2n) is 14.4. The van der Waals surface area contributed by atoms with Crippen molar-refractivity contribution in [3.05, 3.63) is 34.9 Å². The first-order chi connectivity index (χ1) is 20.2. The van der Waals surface area contributed by atoms with E-state index in [0.29, 0.717) is 17.9 Å². The van der Waals surface area contributed by atoms with Gasteiger partial charge >= 0.3 is 11.9 Å². The van der Waals surface area contributed by atoms with Crippen LogP contribution in [0.3, 0.4) is 0 Å². The summed E-state index contributed by atoms with van der Waals surface area (Å²) >= 11 is 0. The SMILES string of the molecule is CCCCCCCC/C=C/CCCCCCCC(=O)Oc1c(C(C)C)cc2c3c1OC(=O)[C@@]31CCCC(C)(C)[C@@H]1CC2. The van der Waals surface area contributed by atoms with E-state index in [9.17, 15) is 9.59 Å². The molecular formula is C38H58O4. The fourth-order valence-electron chi connectivity index (χ4n) is 8.14. The highest BCUT2D eigenvalue weighted by Gasteiger charge is 2.62. The lowest BCUT2D eigenvalue weighted by Crippen LogP contribution is -2.52. The van der Waals surface area contributed by atoms with Crippen molar-refractivity contribution in [1.29, 1.82) is 0 Å². The van der Waals surface area contributed by atoms with Gasteiger partial charge in [0.05, 0.1) is 0 Å². The molecule has 1 spiro atoms. The lowest BCUT2D eigenvalue weighted by molar-refractivity contribution is -0.146. The van der Waals surface area contributed by atoms with E-state index < -0.39 is 5.41 Å². The van der Waals surface area contributed by atoms with Gasteiger partial charge in [0, 0.05) is 17.5 Å². The molecule has 0 saturated heterocycles. The maximum atomic E-state index is 13.7. The van der Waals surface area contributed by atoms with Gasteiger partial charge in [0.2, 0.25) is 0 Å². The van der Waals surface area contributed by atoms with Gasteiger partial charge in [-0.05, 0) is 80.6 Å². The minimum Gasteiger partial charge on any atom is -0.422 e. The molecule has 42 heavy (non-hydrogen) atoms. The van der Waals surface area contributed by atoms with Gasteiger partial charge < -0.3 is 9.47 Å². The highest BCUT2D eigenvalue weighted by atomic mass is 16.6. The van der Waals surface area contributed by atoms with Crippen LogP contribution >= 0.6 is 0 Å². The van der Waals surface area contributed by atoms with Crippen molar-refractivity contribution >= 4 is 11.9 Å². The third kappa shape index (κ3) is 7.33. The molecule has 1 heterocycles. The van der Waals surface area contributed by atoms with Crippen molar-refractivity contribution < 1.29 is 19.1 Å². The Balaban J connectivity index is 1.26. The number of hydrogen-bond donors (Lipinski definition) is 0. The average Bonchev–Trinajstić information content (AvgIpc) is 3.24. The lowest BCUT2D eigenvalue weighted by Gasteiger charge is -2.51. The normalized spacial score (nSPS) is 22.3. The molecular weight excluding hydrogens is 520 g/mol. The number of allylic oxidation sites excluding steroid dienone is 2. The minimum absolute atomic E-state index is 0.0912. The molecule has 2 atom stereocenters. The molecule has 4 heteroatoms. The van der Waals surface area contributed by atoms with E-state index in [2.05, 4.69) is 52.8 Å². The standard InChI is InChI=1S/C38H58O4/c1-6-7-8-9-10-11-12-13-14-15-16-17-18-19-20-22-32(39)41-34-30(28(2)3)27-29-23-24-31-37(4,5)25-21-26-38(31)33(29)35(34)42-36(38)40/h13-14,27-28,31H,6-12,15-26H2,1-5H3/b14-13+/t31-,38+/m0/s1. The van der Waals surface area contributed by atoms with Gasteiger partial charge in [0.25, 0.3) is 0 Å². The Labute approximate surface area is 256 Å². The number of esters is 2. The third-order valence-electron chi connectivity index (χ3n) is 10.5. The van der Waals surface area contributed by atoms with Gasteiger partial charge in [-0.3, -0.25) is 9.59 Å². The number of hydrogen-bond acceptors (Lipinski definition) is 4. The molecule has 1 aromatic carbocycles. The monoisotopic (exact) mass is 578 g/mol. The maximum absolute atomic E-state index is 13.7.